The normalized spacial score (nSPS) is 23.6. The quantitative estimate of drug-likeness (QED) is 0.243. The average molecular weight is 614 g/mol. The maximum absolute atomic E-state index is 14.3. The van der Waals surface area contributed by atoms with Gasteiger partial charge in [-0.05, 0) is 118 Å². The smallest absolute Gasteiger partial charge is 0.230 e. The number of ether oxygens (including phenoxy) is 1. The fourth-order valence-electron chi connectivity index (χ4n) is 7.37. The van der Waals surface area contributed by atoms with Crippen molar-refractivity contribution in [3.8, 4) is 16.2 Å². The summed E-state index contributed by atoms with van der Waals surface area (Å²) in [6.45, 7) is 4.52. The van der Waals surface area contributed by atoms with Crippen molar-refractivity contribution < 1.29 is 14.3 Å². The number of carbonyl (C=O) groups excluding carboxylic acids is 2. The van der Waals surface area contributed by atoms with Crippen LogP contribution in [0.5, 0.6) is 5.75 Å². The average Bonchev–Trinajstić information content (AvgIpc) is 3.79. The highest BCUT2D eigenvalue weighted by atomic mass is 32.1. The Morgan fingerprint density at radius 3 is 2.32 bits per heavy atom. The van der Waals surface area contributed by atoms with Gasteiger partial charge in [-0.25, -0.2) is 4.98 Å². The lowest BCUT2D eigenvalue weighted by atomic mass is 9.78. The van der Waals surface area contributed by atoms with Crippen LogP contribution in [0.4, 0.5) is 5.69 Å². The zero-order valence-electron chi connectivity index (χ0n) is 26.8. The van der Waals surface area contributed by atoms with Crippen LogP contribution in [0.15, 0.2) is 48.7 Å². The number of amides is 2. The number of aromatic nitrogens is 1. The van der Waals surface area contributed by atoms with E-state index in [1.54, 1.807) is 25.4 Å². The largest absolute Gasteiger partial charge is 0.496 e. The number of hydrogen-bond acceptors (Lipinski definition) is 5. The van der Waals surface area contributed by atoms with E-state index < -0.39 is 0 Å². The van der Waals surface area contributed by atoms with E-state index in [0.29, 0.717) is 17.8 Å². The predicted molar refractivity (Wildman–Crippen MR) is 178 cm³/mol. The minimum Gasteiger partial charge on any atom is -0.496 e. The van der Waals surface area contributed by atoms with E-state index in [-0.39, 0.29) is 23.8 Å². The number of hydrogen-bond donors (Lipinski definition) is 0. The van der Waals surface area contributed by atoms with Crippen molar-refractivity contribution in [2.45, 2.75) is 95.9 Å². The van der Waals surface area contributed by atoms with E-state index in [0.717, 1.165) is 74.9 Å². The third-order valence-corrected chi connectivity index (χ3v) is 11.6. The van der Waals surface area contributed by atoms with Gasteiger partial charge in [-0.2, -0.15) is 0 Å². The Hall–Kier alpha value is -3.19. The summed E-state index contributed by atoms with van der Waals surface area (Å²) in [5, 5.41) is 1.24. The standard InChI is InChI=1S/C37H47N3O3S/c1-24-20-30(16-19-34(24)43-4)27-10-8-26(9-11-27)23-40(37(42)29-14-17-32(18-15-29)39(3)25(2)41)33-7-5-6-31(21-33)35-22-38-36(44-35)28-12-13-28/h5-7,16,19-22,26-29,32H,8-15,17-18,23H2,1-4H3. The molecule has 2 amide bonds. The number of anilines is 1. The SMILES string of the molecule is COc1ccc(C2CCC(CN(C(=O)C3CCC(N(C)C(C)=O)CC3)c3cccc(-c4cnc(C5CC5)s4)c3)CC2)cc1C. The van der Waals surface area contributed by atoms with E-state index in [1.807, 2.05) is 18.1 Å². The Morgan fingerprint density at radius 2 is 1.66 bits per heavy atom. The van der Waals surface area contributed by atoms with Crippen molar-refractivity contribution in [3.05, 3.63) is 64.8 Å². The summed E-state index contributed by atoms with van der Waals surface area (Å²) in [5.41, 5.74) is 4.75. The molecular formula is C37H47N3O3S. The van der Waals surface area contributed by atoms with Crippen molar-refractivity contribution in [3.63, 3.8) is 0 Å². The highest BCUT2D eigenvalue weighted by Crippen LogP contribution is 2.44. The molecule has 3 fully saturated rings. The Balaban J connectivity index is 1.18. The maximum atomic E-state index is 14.3. The molecule has 0 N–H and O–H groups in total. The van der Waals surface area contributed by atoms with E-state index in [1.165, 1.54) is 33.9 Å². The summed E-state index contributed by atoms with van der Waals surface area (Å²) in [4.78, 5) is 36.2. The molecule has 0 aliphatic heterocycles. The first-order valence-corrected chi connectivity index (χ1v) is 17.4. The van der Waals surface area contributed by atoms with Crippen LogP contribution >= 0.6 is 11.3 Å². The molecule has 3 saturated carbocycles. The second-order valence-corrected chi connectivity index (χ2v) is 14.5. The van der Waals surface area contributed by atoms with Crippen LogP contribution in [0, 0.1) is 18.8 Å². The molecule has 7 heteroatoms. The van der Waals surface area contributed by atoms with Crippen LogP contribution in [0.3, 0.4) is 0 Å². The van der Waals surface area contributed by atoms with Gasteiger partial charge in [0.1, 0.15) is 5.75 Å². The molecule has 3 aromatic rings. The van der Waals surface area contributed by atoms with Crippen LogP contribution in [0.2, 0.25) is 0 Å². The van der Waals surface area contributed by atoms with Gasteiger partial charge in [0, 0.05) is 50.3 Å². The van der Waals surface area contributed by atoms with Gasteiger partial charge in [0.25, 0.3) is 0 Å². The van der Waals surface area contributed by atoms with Gasteiger partial charge in [-0.3, -0.25) is 9.59 Å². The summed E-state index contributed by atoms with van der Waals surface area (Å²) in [7, 11) is 3.62. The second kappa shape index (κ2) is 13.4. The zero-order chi connectivity index (χ0) is 30.8. The molecule has 2 aromatic carbocycles. The minimum absolute atomic E-state index is 0.00116. The number of thiazole rings is 1. The number of rotatable bonds is 9. The third kappa shape index (κ3) is 6.88. The van der Waals surface area contributed by atoms with E-state index in [9.17, 15) is 9.59 Å². The monoisotopic (exact) mass is 613 g/mol. The Labute approximate surface area is 266 Å². The number of methoxy groups -OCH3 is 1. The van der Waals surface area contributed by atoms with Crippen LogP contribution in [0.25, 0.3) is 10.4 Å². The third-order valence-electron chi connectivity index (χ3n) is 10.4. The highest BCUT2D eigenvalue weighted by molar-refractivity contribution is 7.15. The van der Waals surface area contributed by atoms with Gasteiger partial charge in [0.2, 0.25) is 11.8 Å². The van der Waals surface area contributed by atoms with Gasteiger partial charge in [0.05, 0.1) is 17.0 Å². The van der Waals surface area contributed by atoms with Crippen LogP contribution < -0.4 is 9.64 Å². The first kappa shape index (κ1) is 30.8. The lowest BCUT2D eigenvalue weighted by Gasteiger charge is -2.38. The van der Waals surface area contributed by atoms with Crippen LogP contribution in [-0.4, -0.2) is 48.4 Å². The molecular weight excluding hydrogens is 566 g/mol. The molecule has 3 aliphatic carbocycles. The molecule has 44 heavy (non-hydrogen) atoms. The summed E-state index contributed by atoms with van der Waals surface area (Å²) in [6, 6.07) is 15.4. The van der Waals surface area contributed by atoms with Crippen molar-refractivity contribution in [1.82, 2.24) is 9.88 Å². The fourth-order valence-corrected chi connectivity index (χ4v) is 8.45. The molecule has 1 aromatic heterocycles. The number of aryl methyl sites for hydroxylation is 1. The van der Waals surface area contributed by atoms with E-state index in [2.05, 4.69) is 54.3 Å². The summed E-state index contributed by atoms with van der Waals surface area (Å²) in [5.74, 6) is 2.98. The molecule has 6 rings (SSSR count). The van der Waals surface area contributed by atoms with Gasteiger partial charge < -0.3 is 14.5 Å². The fraction of sp³-hybridized carbons (Fsp3) is 0.541. The topological polar surface area (TPSA) is 62.7 Å². The minimum atomic E-state index is -0.00116. The van der Waals surface area contributed by atoms with Crippen molar-refractivity contribution >= 4 is 28.8 Å². The molecule has 0 bridgehead atoms. The zero-order valence-corrected chi connectivity index (χ0v) is 27.6. The van der Waals surface area contributed by atoms with Crippen molar-refractivity contribution in [2.24, 2.45) is 11.8 Å². The van der Waals surface area contributed by atoms with Crippen LogP contribution in [0.1, 0.15) is 99.1 Å². The second-order valence-electron chi connectivity index (χ2n) is 13.4. The first-order valence-electron chi connectivity index (χ1n) is 16.6. The van der Waals surface area contributed by atoms with Crippen molar-refractivity contribution in [2.75, 3.05) is 25.6 Å². The number of carbonyl (C=O) groups is 2. The molecule has 3 aliphatic rings. The number of benzene rings is 2. The van der Waals surface area contributed by atoms with E-state index in [4.69, 9.17) is 9.72 Å². The summed E-state index contributed by atoms with van der Waals surface area (Å²) in [6.07, 6.45) is 12.5. The summed E-state index contributed by atoms with van der Waals surface area (Å²) < 4.78 is 5.48. The van der Waals surface area contributed by atoms with E-state index >= 15 is 0 Å². The van der Waals surface area contributed by atoms with Gasteiger partial charge >= 0.3 is 0 Å². The molecule has 234 valence electrons. The molecule has 1 heterocycles. The molecule has 0 unspecified atom stereocenters. The first-order chi connectivity index (χ1) is 21.3. The molecule has 0 spiro atoms. The Morgan fingerprint density at radius 1 is 0.932 bits per heavy atom. The lowest BCUT2D eigenvalue weighted by Crippen LogP contribution is -2.44. The van der Waals surface area contributed by atoms with Crippen LogP contribution in [-0.2, 0) is 9.59 Å². The molecule has 0 atom stereocenters. The molecule has 6 nitrogen and oxygen atoms in total. The predicted octanol–water partition coefficient (Wildman–Crippen LogP) is 8.35. The Bertz CT molecular complexity index is 1460. The summed E-state index contributed by atoms with van der Waals surface area (Å²) >= 11 is 1.80. The Kier molecular flexibility index (Phi) is 9.41. The highest BCUT2D eigenvalue weighted by Gasteiger charge is 2.34. The maximum Gasteiger partial charge on any atom is 0.230 e. The molecule has 0 radical (unpaired) electrons. The lowest BCUT2D eigenvalue weighted by molar-refractivity contribution is -0.130. The number of nitrogens with zero attached hydrogens (tertiary/aromatic N) is 3. The van der Waals surface area contributed by atoms with Gasteiger partial charge in [-0.1, -0.05) is 24.3 Å². The van der Waals surface area contributed by atoms with Gasteiger partial charge in [0.15, 0.2) is 0 Å². The van der Waals surface area contributed by atoms with Crippen molar-refractivity contribution in [1.29, 1.82) is 0 Å². The molecule has 0 saturated heterocycles. The van der Waals surface area contributed by atoms with Gasteiger partial charge in [-0.15, -0.1) is 11.3 Å².